The molecule has 7 nitrogen and oxygen atoms in total. The minimum atomic E-state index is -0.526. The number of hydrogen-bond acceptors (Lipinski definition) is 6. The number of ether oxygens (including phenoxy) is 4. The van der Waals surface area contributed by atoms with Crippen molar-refractivity contribution in [2.45, 2.75) is 25.5 Å². The SMILES string of the molecule is O=C(COC(=O)[C@@H]1CCCO1)NCc1ccc2c(c1)OCO2. The molecule has 0 unspecified atom stereocenters. The first-order valence-electron chi connectivity index (χ1n) is 7.16. The lowest BCUT2D eigenvalue weighted by Gasteiger charge is -2.10. The Bertz CT molecular complexity index is 567. The molecule has 0 aliphatic carbocycles. The van der Waals surface area contributed by atoms with Gasteiger partial charge in [-0.1, -0.05) is 6.07 Å². The van der Waals surface area contributed by atoms with E-state index in [4.69, 9.17) is 18.9 Å². The van der Waals surface area contributed by atoms with Crippen LogP contribution in [0, 0.1) is 0 Å². The highest BCUT2D eigenvalue weighted by atomic mass is 16.7. The summed E-state index contributed by atoms with van der Waals surface area (Å²) in [7, 11) is 0. The van der Waals surface area contributed by atoms with Crippen LogP contribution in [0.5, 0.6) is 11.5 Å². The summed E-state index contributed by atoms with van der Waals surface area (Å²) in [5.41, 5.74) is 0.878. The number of benzene rings is 1. The van der Waals surface area contributed by atoms with Gasteiger partial charge in [0.1, 0.15) is 0 Å². The van der Waals surface area contributed by atoms with Crippen LogP contribution in [-0.2, 0) is 25.6 Å². The second-order valence-electron chi connectivity index (χ2n) is 5.07. The molecule has 1 amide bonds. The molecule has 1 aromatic carbocycles. The van der Waals surface area contributed by atoms with E-state index in [0.717, 1.165) is 12.0 Å². The van der Waals surface area contributed by atoms with Gasteiger partial charge in [-0.05, 0) is 30.5 Å². The van der Waals surface area contributed by atoms with E-state index >= 15 is 0 Å². The molecule has 0 radical (unpaired) electrons. The molecule has 3 rings (SSSR count). The summed E-state index contributed by atoms with van der Waals surface area (Å²) in [5.74, 6) is 0.525. The average molecular weight is 307 g/mol. The predicted octanol–water partition coefficient (Wildman–Crippen LogP) is 0.754. The van der Waals surface area contributed by atoms with E-state index in [0.29, 0.717) is 31.1 Å². The fraction of sp³-hybridized carbons (Fsp3) is 0.467. The molecule has 1 saturated heterocycles. The third kappa shape index (κ3) is 3.48. The average Bonchev–Trinajstić information content (AvgIpc) is 3.20. The molecule has 1 fully saturated rings. The molecule has 2 heterocycles. The van der Waals surface area contributed by atoms with Gasteiger partial charge in [0.2, 0.25) is 6.79 Å². The molecular weight excluding hydrogens is 290 g/mol. The van der Waals surface area contributed by atoms with Crippen molar-refractivity contribution in [3.05, 3.63) is 23.8 Å². The summed E-state index contributed by atoms with van der Waals surface area (Å²) >= 11 is 0. The highest BCUT2D eigenvalue weighted by Crippen LogP contribution is 2.32. The Balaban J connectivity index is 1.41. The van der Waals surface area contributed by atoms with Gasteiger partial charge in [-0.25, -0.2) is 4.79 Å². The van der Waals surface area contributed by atoms with Crippen LogP contribution in [0.3, 0.4) is 0 Å². The minimum Gasteiger partial charge on any atom is -0.454 e. The summed E-state index contributed by atoms with van der Waals surface area (Å²) < 4.78 is 20.6. The molecule has 7 heteroatoms. The second-order valence-corrected chi connectivity index (χ2v) is 5.07. The molecule has 118 valence electrons. The summed E-state index contributed by atoms with van der Waals surface area (Å²) in [6, 6.07) is 5.44. The van der Waals surface area contributed by atoms with Gasteiger partial charge in [-0.3, -0.25) is 4.79 Å². The van der Waals surface area contributed by atoms with Gasteiger partial charge in [-0.15, -0.1) is 0 Å². The Kier molecular flexibility index (Phi) is 4.43. The van der Waals surface area contributed by atoms with Crippen LogP contribution in [0.4, 0.5) is 0 Å². The van der Waals surface area contributed by atoms with E-state index in [-0.39, 0.29) is 19.3 Å². The molecule has 2 aliphatic rings. The van der Waals surface area contributed by atoms with Crippen molar-refractivity contribution in [1.82, 2.24) is 5.32 Å². The van der Waals surface area contributed by atoms with Crippen molar-refractivity contribution >= 4 is 11.9 Å². The van der Waals surface area contributed by atoms with Gasteiger partial charge in [0.15, 0.2) is 24.2 Å². The summed E-state index contributed by atoms with van der Waals surface area (Å²) in [6.45, 7) is 0.802. The van der Waals surface area contributed by atoms with Crippen molar-refractivity contribution < 1.29 is 28.5 Å². The quantitative estimate of drug-likeness (QED) is 0.808. The lowest BCUT2D eigenvalue weighted by atomic mass is 10.2. The van der Waals surface area contributed by atoms with Gasteiger partial charge in [0.05, 0.1) is 0 Å². The monoisotopic (exact) mass is 307 g/mol. The zero-order valence-corrected chi connectivity index (χ0v) is 12.0. The molecule has 1 atom stereocenters. The van der Waals surface area contributed by atoms with Crippen molar-refractivity contribution in [3.8, 4) is 11.5 Å². The fourth-order valence-corrected chi connectivity index (χ4v) is 2.30. The number of amides is 1. The number of rotatable bonds is 5. The third-order valence-electron chi connectivity index (χ3n) is 3.46. The zero-order valence-electron chi connectivity index (χ0n) is 12.0. The van der Waals surface area contributed by atoms with Gasteiger partial charge in [-0.2, -0.15) is 0 Å². The predicted molar refractivity (Wildman–Crippen MR) is 74.3 cm³/mol. The molecule has 22 heavy (non-hydrogen) atoms. The van der Waals surface area contributed by atoms with Crippen molar-refractivity contribution in [1.29, 1.82) is 0 Å². The van der Waals surface area contributed by atoms with E-state index < -0.39 is 12.1 Å². The van der Waals surface area contributed by atoms with Crippen LogP contribution >= 0.6 is 0 Å². The molecular formula is C15H17NO6. The Morgan fingerprint density at radius 1 is 1.27 bits per heavy atom. The maximum Gasteiger partial charge on any atom is 0.335 e. The van der Waals surface area contributed by atoms with Crippen LogP contribution in [0.2, 0.25) is 0 Å². The van der Waals surface area contributed by atoms with Gasteiger partial charge < -0.3 is 24.3 Å². The lowest BCUT2D eigenvalue weighted by molar-refractivity contribution is -0.157. The van der Waals surface area contributed by atoms with Crippen molar-refractivity contribution in [3.63, 3.8) is 0 Å². The van der Waals surface area contributed by atoms with Crippen LogP contribution in [0.15, 0.2) is 18.2 Å². The normalized spacial score (nSPS) is 19.0. The largest absolute Gasteiger partial charge is 0.454 e. The van der Waals surface area contributed by atoms with Crippen molar-refractivity contribution in [2.24, 2.45) is 0 Å². The third-order valence-corrected chi connectivity index (χ3v) is 3.46. The number of carbonyl (C=O) groups is 2. The van der Waals surface area contributed by atoms with Crippen molar-refractivity contribution in [2.75, 3.05) is 20.0 Å². The van der Waals surface area contributed by atoms with Crippen LogP contribution in [-0.4, -0.2) is 38.0 Å². The topological polar surface area (TPSA) is 83.1 Å². The minimum absolute atomic E-state index is 0.213. The number of nitrogens with one attached hydrogen (secondary N) is 1. The first kappa shape index (κ1) is 14.6. The lowest BCUT2D eigenvalue weighted by Crippen LogP contribution is -2.31. The van der Waals surface area contributed by atoms with E-state index in [1.165, 1.54) is 0 Å². The van der Waals surface area contributed by atoms with E-state index in [1.807, 2.05) is 6.07 Å². The first-order chi connectivity index (χ1) is 10.7. The molecule has 1 N–H and O–H groups in total. The van der Waals surface area contributed by atoms with Crippen LogP contribution in [0.25, 0.3) is 0 Å². The first-order valence-corrected chi connectivity index (χ1v) is 7.16. The standard InChI is InChI=1S/C15H17NO6/c17-14(8-20-15(18)12-2-1-5-19-12)16-7-10-3-4-11-13(6-10)22-9-21-11/h3-4,6,12H,1-2,5,7-9H2,(H,16,17)/t12-/m0/s1. The highest BCUT2D eigenvalue weighted by Gasteiger charge is 2.25. The summed E-state index contributed by atoms with van der Waals surface area (Å²) in [5, 5.41) is 2.68. The maximum atomic E-state index is 11.7. The molecule has 1 aromatic rings. The van der Waals surface area contributed by atoms with E-state index in [1.54, 1.807) is 12.1 Å². The smallest absolute Gasteiger partial charge is 0.335 e. The molecule has 0 spiro atoms. The second kappa shape index (κ2) is 6.65. The zero-order chi connectivity index (χ0) is 15.4. The Hall–Kier alpha value is -2.28. The fourth-order valence-electron chi connectivity index (χ4n) is 2.30. The van der Waals surface area contributed by atoms with E-state index in [2.05, 4.69) is 5.32 Å². The highest BCUT2D eigenvalue weighted by molar-refractivity contribution is 5.82. The Morgan fingerprint density at radius 2 is 2.14 bits per heavy atom. The van der Waals surface area contributed by atoms with E-state index in [9.17, 15) is 9.59 Å². The maximum absolute atomic E-state index is 11.7. The van der Waals surface area contributed by atoms with Gasteiger partial charge >= 0.3 is 5.97 Å². The molecule has 0 bridgehead atoms. The number of esters is 1. The Labute approximate surface area is 127 Å². The molecule has 2 aliphatic heterocycles. The number of hydrogen-bond donors (Lipinski definition) is 1. The number of fused-ring (bicyclic) bond motifs is 1. The van der Waals surface area contributed by atoms with Gasteiger partial charge in [0, 0.05) is 13.2 Å². The summed E-state index contributed by atoms with van der Waals surface area (Å²) in [6.07, 6.45) is 0.968. The molecule has 0 aromatic heterocycles. The number of carbonyl (C=O) groups excluding carboxylic acids is 2. The Morgan fingerprint density at radius 3 is 2.95 bits per heavy atom. The van der Waals surface area contributed by atoms with Crippen LogP contribution < -0.4 is 14.8 Å². The van der Waals surface area contributed by atoms with Gasteiger partial charge in [0.25, 0.3) is 5.91 Å². The van der Waals surface area contributed by atoms with Crippen LogP contribution in [0.1, 0.15) is 18.4 Å². The summed E-state index contributed by atoms with van der Waals surface area (Å²) in [4.78, 5) is 23.3. The molecule has 0 saturated carbocycles.